The van der Waals surface area contributed by atoms with Crippen LogP contribution in [0.3, 0.4) is 0 Å². The first-order chi connectivity index (χ1) is 23.7. The molecule has 0 saturated heterocycles. The summed E-state index contributed by atoms with van der Waals surface area (Å²) in [4.78, 5) is 67.4. The number of carbonyl (C=O) groups excluding carboxylic acids is 5. The lowest BCUT2D eigenvalue weighted by Gasteiger charge is -2.28. The van der Waals surface area contributed by atoms with Crippen molar-refractivity contribution in [1.82, 2.24) is 26.2 Å². The SMILES string of the molecule is CC[C@H](C)[C@@H]1NC(=O)[C@H]([C@@H](C)O)NC(=O)CCCN(C(=O)CC(C)C)CCNC(=O)c2ccc(OC)c(c2)Oc2cc(F)cc(c2)CNC1=O. The Labute approximate surface area is 292 Å². The van der Waals surface area contributed by atoms with Crippen molar-refractivity contribution >= 4 is 29.5 Å². The lowest BCUT2D eigenvalue weighted by atomic mass is 9.97. The third-order valence-electron chi connectivity index (χ3n) is 8.36. The number of nitrogens with one attached hydrogen (secondary N) is 4. The molecule has 0 aromatic heterocycles. The molecule has 0 unspecified atom stereocenters. The fourth-order valence-electron chi connectivity index (χ4n) is 5.38. The molecule has 5 N–H and O–H groups in total. The Morgan fingerprint density at radius 2 is 1.74 bits per heavy atom. The normalized spacial score (nSPS) is 19.9. The number of carbonyl (C=O) groups is 5. The number of benzene rings is 2. The summed E-state index contributed by atoms with van der Waals surface area (Å²) in [6.07, 6.45) is -0.276. The maximum Gasteiger partial charge on any atom is 0.251 e. The predicted molar refractivity (Wildman–Crippen MR) is 184 cm³/mol. The van der Waals surface area contributed by atoms with Crippen molar-refractivity contribution in [3.8, 4) is 17.2 Å². The molecule has 1 aliphatic rings. The molecular weight excluding hydrogens is 649 g/mol. The maximum absolute atomic E-state index is 14.8. The van der Waals surface area contributed by atoms with E-state index >= 15 is 0 Å². The average Bonchev–Trinajstić information content (AvgIpc) is 3.06. The fraction of sp³-hybridized carbons (Fsp3) is 0.528. The number of fused-ring (bicyclic) bond motifs is 4. The first-order valence-corrected chi connectivity index (χ1v) is 17.0. The standard InChI is InChI=1S/C36H50FN5O8/c1-7-22(4)32-35(47)39-20-24-16-26(37)19-27(17-24)50-29-18-25(10-11-28(29)49-6)34(46)38-12-14-42(31(45)15-21(2)3)13-8-9-30(44)40-33(23(5)43)36(48)41-32/h10-11,16-19,21-23,32-33,43H,7-9,12-15,20H2,1-6H3,(H,38,46)(H,39,47)(H,40,44)(H,41,48)/t22-,23+,32-,33-/m0/s1. The number of methoxy groups -OCH3 is 1. The van der Waals surface area contributed by atoms with Gasteiger partial charge in [0.1, 0.15) is 23.7 Å². The number of hydrogen-bond acceptors (Lipinski definition) is 8. The van der Waals surface area contributed by atoms with Gasteiger partial charge >= 0.3 is 0 Å². The monoisotopic (exact) mass is 699 g/mol. The zero-order chi connectivity index (χ0) is 37.0. The average molecular weight is 700 g/mol. The Balaban J connectivity index is 1.97. The minimum atomic E-state index is -1.35. The second-order valence-corrected chi connectivity index (χ2v) is 13.0. The number of rotatable bonds is 6. The number of hydrogen-bond donors (Lipinski definition) is 5. The molecule has 0 spiro atoms. The molecule has 1 aliphatic heterocycles. The van der Waals surface area contributed by atoms with Crippen molar-refractivity contribution < 1.29 is 42.9 Å². The number of halogens is 1. The summed E-state index contributed by atoms with van der Waals surface area (Å²) in [7, 11) is 1.43. The Bertz CT molecular complexity index is 1520. The summed E-state index contributed by atoms with van der Waals surface area (Å²) >= 11 is 0. The van der Waals surface area contributed by atoms with Gasteiger partial charge in [0.15, 0.2) is 11.5 Å². The molecule has 4 bridgehead atoms. The Hall–Kier alpha value is -4.72. The van der Waals surface area contributed by atoms with Crippen molar-refractivity contribution in [1.29, 1.82) is 0 Å². The van der Waals surface area contributed by atoms with E-state index in [1.165, 1.54) is 32.2 Å². The van der Waals surface area contributed by atoms with Gasteiger partial charge in [-0.1, -0.05) is 34.1 Å². The molecule has 14 heteroatoms. The van der Waals surface area contributed by atoms with Gasteiger partial charge in [0.25, 0.3) is 5.91 Å². The van der Waals surface area contributed by atoms with E-state index in [2.05, 4.69) is 21.3 Å². The van der Waals surface area contributed by atoms with Crippen molar-refractivity contribution in [2.75, 3.05) is 26.7 Å². The summed E-state index contributed by atoms with van der Waals surface area (Å²) in [5.74, 6) is -2.75. The molecule has 5 amide bonds. The lowest BCUT2D eigenvalue weighted by molar-refractivity contribution is -0.135. The Morgan fingerprint density at radius 3 is 2.40 bits per heavy atom. The van der Waals surface area contributed by atoms with E-state index < -0.39 is 47.6 Å². The molecule has 1 heterocycles. The van der Waals surface area contributed by atoms with Gasteiger partial charge in [-0.25, -0.2) is 4.39 Å². The van der Waals surface area contributed by atoms with Crippen molar-refractivity contribution in [2.45, 2.75) is 85.0 Å². The van der Waals surface area contributed by atoms with Gasteiger partial charge < -0.3 is 40.7 Å². The van der Waals surface area contributed by atoms with Crippen LogP contribution in [0.15, 0.2) is 36.4 Å². The summed E-state index contributed by atoms with van der Waals surface area (Å²) in [6, 6.07) is 6.07. The highest BCUT2D eigenvalue weighted by Gasteiger charge is 2.32. The molecular formula is C36H50FN5O8. The van der Waals surface area contributed by atoms with Crippen LogP contribution in [0.5, 0.6) is 17.2 Å². The highest BCUT2D eigenvalue weighted by molar-refractivity contribution is 5.95. The van der Waals surface area contributed by atoms with E-state index in [4.69, 9.17) is 9.47 Å². The van der Waals surface area contributed by atoms with E-state index in [0.29, 0.717) is 17.7 Å². The van der Waals surface area contributed by atoms with Crippen LogP contribution in [0.25, 0.3) is 0 Å². The summed E-state index contributed by atoms with van der Waals surface area (Å²) < 4.78 is 26.1. The number of nitrogens with zero attached hydrogens (tertiary/aromatic N) is 1. The topological polar surface area (TPSA) is 175 Å². The van der Waals surface area contributed by atoms with E-state index in [9.17, 15) is 33.5 Å². The summed E-state index contributed by atoms with van der Waals surface area (Å²) in [5, 5.41) is 21.2. The number of aliphatic hydroxyl groups is 1. The first-order valence-electron chi connectivity index (χ1n) is 17.0. The highest BCUT2D eigenvalue weighted by Crippen LogP contribution is 2.33. The van der Waals surface area contributed by atoms with Gasteiger partial charge in [-0.15, -0.1) is 0 Å². The van der Waals surface area contributed by atoms with Gasteiger partial charge in [-0.05, 0) is 61.1 Å². The van der Waals surface area contributed by atoms with Crippen molar-refractivity contribution in [3.63, 3.8) is 0 Å². The van der Waals surface area contributed by atoms with E-state index in [1.54, 1.807) is 24.0 Å². The van der Waals surface area contributed by atoms with Gasteiger partial charge in [0, 0.05) is 50.7 Å². The predicted octanol–water partition coefficient (Wildman–Crippen LogP) is 3.04. The molecule has 0 aliphatic carbocycles. The largest absolute Gasteiger partial charge is 0.493 e. The number of amides is 5. The zero-order valence-corrected chi connectivity index (χ0v) is 29.6. The van der Waals surface area contributed by atoms with E-state index in [-0.39, 0.29) is 80.2 Å². The first kappa shape index (κ1) is 39.7. The molecule has 2 aromatic carbocycles. The van der Waals surface area contributed by atoms with Crippen LogP contribution in [0.2, 0.25) is 0 Å². The highest BCUT2D eigenvalue weighted by atomic mass is 19.1. The molecule has 0 radical (unpaired) electrons. The third kappa shape index (κ3) is 11.7. The van der Waals surface area contributed by atoms with Crippen molar-refractivity contribution in [3.05, 3.63) is 53.3 Å². The third-order valence-corrected chi connectivity index (χ3v) is 8.36. The van der Waals surface area contributed by atoms with Gasteiger partial charge in [0.2, 0.25) is 23.6 Å². The van der Waals surface area contributed by atoms with Crippen LogP contribution in [-0.2, 0) is 25.7 Å². The second kappa shape index (κ2) is 18.9. The zero-order valence-electron chi connectivity index (χ0n) is 29.6. The Morgan fingerprint density at radius 1 is 1.00 bits per heavy atom. The fourth-order valence-corrected chi connectivity index (χ4v) is 5.38. The number of ether oxygens (including phenoxy) is 2. The second-order valence-electron chi connectivity index (χ2n) is 13.0. The quantitative estimate of drug-likeness (QED) is 0.306. The van der Waals surface area contributed by atoms with Gasteiger partial charge in [0.05, 0.1) is 13.2 Å². The molecule has 13 nitrogen and oxygen atoms in total. The van der Waals surface area contributed by atoms with Crippen LogP contribution in [-0.4, -0.2) is 84.5 Å². The minimum Gasteiger partial charge on any atom is -0.493 e. The number of aliphatic hydroxyl groups excluding tert-OH is 1. The van der Waals surface area contributed by atoms with E-state index in [0.717, 1.165) is 6.07 Å². The Kier molecular flexibility index (Phi) is 15.0. The van der Waals surface area contributed by atoms with Crippen LogP contribution < -0.4 is 30.7 Å². The lowest BCUT2D eigenvalue weighted by Crippen LogP contribution is -2.58. The molecule has 3 rings (SSSR count). The van der Waals surface area contributed by atoms with Gasteiger partial charge in [-0.3, -0.25) is 24.0 Å². The maximum atomic E-state index is 14.8. The van der Waals surface area contributed by atoms with Crippen LogP contribution in [0, 0.1) is 17.7 Å². The summed E-state index contributed by atoms with van der Waals surface area (Å²) in [5.41, 5.74) is 0.595. The van der Waals surface area contributed by atoms with Crippen LogP contribution in [0.1, 0.15) is 76.2 Å². The van der Waals surface area contributed by atoms with Crippen LogP contribution in [0.4, 0.5) is 4.39 Å². The molecule has 4 atom stereocenters. The van der Waals surface area contributed by atoms with Crippen molar-refractivity contribution in [2.24, 2.45) is 11.8 Å². The molecule has 2 aromatic rings. The minimum absolute atomic E-state index is 0.0478. The summed E-state index contributed by atoms with van der Waals surface area (Å²) in [6.45, 7) is 9.22. The molecule has 274 valence electrons. The van der Waals surface area contributed by atoms with E-state index in [1.807, 2.05) is 20.8 Å². The molecule has 0 fully saturated rings. The van der Waals surface area contributed by atoms with Crippen LogP contribution >= 0.6 is 0 Å². The molecule has 0 saturated carbocycles. The van der Waals surface area contributed by atoms with Gasteiger partial charge in [-0.2, -0.15) is 0 Å². The smallest absolute Gasteiger partial charge is 0.251 e. The molecule has 50 heavy (non-hydrogen) atoms.